The van der Waals surface area contributed by atoms with Crippen molar-refractivity contribution >= 4 is 17.5 Å². The number of nitrogens with one attached hydrogen (secondary N) is 1. The molecule has 0 aliphatic rings. The Labute approximate surface area is 137 Å². The lowest BCUT2D eigenvalue weighted by Crippen LogP contribution is -2.06. The molecule has 1 heterocycles. The van der Waals surface area contributed by atoms with Crippen LogP contribution in [-0.4, -0.2) is 10.2 Å². The molecule has 0 saturated carbocycles. The van der Waals surface area contributed by atoms with Crippen LogP contribution in [0.3, 0.4) is 0 Å². The summed E-state index contributed by atoms with van der Waals surface area (Å²) in [7, 11) is 0. The van der Waals surface area contributed by atoms with Crippen molar-refractivity contribution in [2.45, 2.75) is 12.8 Å². The highest BCUT2D eigenvalue weighted by Gasteiger charge is 2.23. The zero-order valence-corrected chi connectivity index (χ0v) is 13.0. The molecule has 3 aromatic rings. The first-order chi connectivity index (χ1) is 11.5. The van der Waals surface area contributed by atoms with Crippen LogP contribution in [0.2, 0.25) is 0 Å². The molecule has 0 aliphatic heterocycles. The van der Waals surface area contributed by atoms with E-state index < -0.39 is 5.92 Å². The van der Waals surface area contributed by atoms with Crippen LogP contribution in [0.1, 0.15) is 18.4 Å². The van der Waals surface area contributed by atoms with E-state index in [0.29, 0.717) is 23.0 Å². The maximum absolute atomic E-state index is 13.3. The first-order valence-corrected chi connectivity index (χ1v) is 7.28. The fourth-order valence-electron chi connectivity index (χ4n) is 2.21. The van der Waals surface area contributed by atoms with Gasteiger partial charge in [0.15, 0.2) is 0 Å². The summed E-state index contributed by atoms with van der Waals surface area (Å²) in [5.74, 6) is -2.18. The molecule has 1 aromatic heterocycles. The first kappa shape index (κ1) is 15.9. The van der Waals surface area contributed by atoms with Crippen molar-refractivity contribution < 1.29 is 13.2 Å². The third-order valence-corrected chi connectivity index (χ3v) is 3.44. The van der Waals surface area contributed by atoms with E-state index in [1.54, 1.807) is 12.1 Å². The molecule has 2 aromatic carbocycles. The summed E-state index contributed by atoms with van der Waals surface area (Å²) in [6.45, 7) is 4.46. The van der Waals surface area contributed by atoms with Crippen LogP contribution < -0.4 is 5.32 Å². The van der Waals surface area contributed by atoms with Crippen LogP contribution >= 0.6 is 0 Å². The van der Waals surface area contributed by atoms with E-state index in [9.17, 15) is 8.78 Å². The molecule has 0 saturated heterocycles. The van der Waals surface area contributed by atoms with Gasteiger partial charge in [-0.3, -0.25) is 0 Å². The standard InChI is InChI=1S/C18H15F2N3O/c1-3-16-22-23-17(24-16)14-6-4-5-7-15(14)21-13-10-8-12(9-11-13)18(2,19)20/h3-11,21H,1H2,2H3. The van der Waals surface area contributed by atoms with Gasteiger partial charge in [0.05, 0.1) is 11.3 Å². The smallest absolute Gasteiger partial charge is 0.270 e. The summed E-state index contributed by atoms with van der Waals surface area (Å²) in [5.41, 5.74) is 2.09. The second kappa shape index (κ2) is 6.23. The third-order valence-electron chi connectivity index (χ3n) is 3.44. The monoisotopic (exact) mass is 327 g/mol. The van der Waals surface area contributed by atoms with Gasteiger partial charge >= 0.3 is 0 Å². The Kier molecular flexibility index (Phi) is 4.12. The predicted molar refractivity (Wildman–Crippen MR) is 89.1 cm³/mol. The summed E-state index contributed by atoms with van der Waals surface area (Å²) >= 11 is 0. The van der Waals surface area contributed by atoms with Crippen LogP contribution in [0, 0.1) is 0 Å². The van der Waals surface area contributed by atoms with E-state index in [-0.39, 0.29) is 5.56 Å². The van der Waals surface area contributed by atoms with Gasteiger partial charge < -0.3 is 9.73 Å². The molecule has 0 bridgehead atoms. The molecule has 122 valence electrons. The molecule has 1 N–H and O–H groups in total. The minimum Gasteiger partial charge on any atom is -0.417 e. The molecular weight excluding hydrogens is 312 g/mol. The molecule has 24 heavy (non-hydrogen) atoms. The number of benzene rings is 2. The van der Waals surface area contributed by atoms with Crippen molar-refractivity contribution in [1.29, 1.82) is 0 Å². The topological polar surface area (TPSA) is 51.0 Å². The Morgan fingerprint density at radius 1 is 1.08 bits per heavy atom. The number of nitrogens with zero attached hydrogens (tertiary/aromatic N) is 2. The summed E-state index contributed by atoms with van der Waals surface area (Å²) in [5, 5.41) is 11.0. The molecule has 0 unspecified atom stereocenters. The van der Waals surface area contributed by atoms with Gasteiger partial charge in [-0.15, -0.1) is 10.2 Å². The van der Waals surface area contributed by atoms with Crippen LogP contribution in [0.25, 0.3) is 17.5 Å². The maximum Gasteiger partial charge on any atom is 0.270 e. The Morgan fingerprint density at radius 2 is 1.79 bits per heavy atom. The number of aromatic nitrogens is 2. The van der Waals surface area contributed by atoms with Gasteiger partial charge in [-0.1, -0.05) is 30.8 Å². The Hall–Kier alpha value is -3.02. The van der Waals surface area contributed by atoms with Crippen molar-refractivity contribution in [3.63, 3.8) is 0 Å². The third kappa shape index (κ3) is 3.32. The molecule has 3 rings (SSSR count). The molecule has 4 nitrogen and oxygen atoms in total. The molecule has 0 atom stereocenters. The van der Waals surface area contributed by atoms with Crippen LogP contribution in [-0.2, 0) is 5.92 Å². The molecular formula is C18H15F2N3O. The van der Waals surface area contributed by atoms with Crippen LogP contribution in [0.4, 0.5) is 20.2 Å². The zero-order chi connectivity index (χ0) is 17.2. The number of para-hydroxylation sites is 1. The Morgan fingerprint density at radius 3 is 2.42 bits per heavy atom. The molecule has 0 spiro atoms. The number of rotatable bonds is 5. The number of hydrogen-bond donors (Lipinski definition) is 1. The van der Waals surface area contributed by atoms with Crippen molar-refractivity contribution in [3.05, 3.63) is 66.6 Å². The van der Waals surface area contributed by atoms with E-state index in [1.807, 2.05) is 24.3 Å². The van der Waals surface area contributed by atoms with Crippen LogP contribution in [0.5, 0.6) is 0 Å². The number of alkyl halides is 2. The number of hydrogen-bond acceptors (Lipinski definition) is 4. The lowest BCUT2D eigenvalue weighted by Gasteiger charge is -2.13. The van der Waals surface area contributed by atoms with E-state index >= 15 is 0 Å². The summed E-state index contributed by atoms with van der Waals surface area (Å²) in [6, 6.07) is 13.4. The SMILES string of the molecule is C=Cc1nnc(-c2ccccc2Nc2ccc(C(C)(F)F)cc2)o1. The average molecular weight is 327 g/mol. The lowest BCUT2D eigenvalue weighted by atomic mass is 10.1. The van der Waals surface area contributed by atoms with Crippen molar-refractivity contribution in [1.82, 2.24) is 10.2 Å². The predicted octanol–water partition coefficient (Wildman–Crippen LogP) is 5.23. The van der Waals surface area contributed by atoms with Crippen molar-refractivity contribution in [2.75, 3.05) is 5.32 Å². The van der Waals surface area contributed by atoms with Crippen molar-refractivity contribution in [3.8, 4) is 11.5 Å². The number of halogens is 2. The summed E-state index contributed by atoms with van der Waals surface area (Å²) < 4.78 is 32.0. The minimum atomic E-state index is -2.86. The highest BCUT2D eigenvalue weighted by Crippen LogP contribution is 2.31. The van der Waals surface area contributed by atoms with E-state index in [1.165, 1.54) is 18.2 Å². The van der Waals surface area contributed by atoms with Gasteiger partial charge in [-0.2, -0.15) is 0 Å². The van der Waals surface area contributed by atoms with Crippen molar-refractivity contribution in [2.24, 2.45) is 0 Å². The molecule has 6 heteroatoms. The van der Waals surface area contributed by atoms with Gasteiger partial charge in [0.1, 0.15) is 0 Å². The molecule has 0 fully saturated rings. The molecule has 0 aliphatic carbocycles. The van der Waals surface area contributed by atoms with E-state index in [0.717, 1.165) is 12.6 Å². The Bertz CT molecular complexity index is 851. The van der Waals surface area contributed by atoms with E-state index in [4.69, 9.17) is 4.42 Å². The van der Waals surface area contributed by atoms with Gasteiger partial charge in [0, 0.05) is 18.2 Å². The Balaban J connectivity index is 1.89. The fourth-order valence-corrected chi connectivity index (χ4v) is 2.21. The second-order valence-electron chi connectivity index (χ2n) is 5.29. The first-order valence-electron chi connectivity index (χ1n) is 7.28. The highest BCUT2D eigenvalue weighted by atomic mass is 19.3. The average Bonchev–Trinajstić information content (AvgIpc) is 3.04. The molecule has 0 radical (unpaired) electrons. The van der Waals surface area contributed by atoms with Gasteiger partial charge in [-0.05, 0) is 30.3 Å². The largest absolute Gasteiger partial charge is 0.417 e. The van der Waals surface area contributed by atoms with Crippen LogP contribution in [0.15, 0.2) is 59.5 Å². The quantitative estimate of drug-likeness (QED) is 0.696. The highest BCUT2D eigenvalue weighted by molar-refractivity contribution is 5.76. The van der Waals surface area contributed by atoms with Gasteiger partial charge in [0.2, 0.25) is 11.8 Å². The summed E-state index contributed by atoms with van der Waals surface area (Å²) in [6.07, 6.45) is 1.47. The molecule has 0 amide bonds. The zero-order valence-electron chi connectivity index (χ0n) is 13.0. The normalized spacial score (nSPS) is 11.3. The minimum absolute atomic E-state index is 0.0335. The fraction of sp³-hybridized carbons (Fsp3) is 0.111. The van der Waals surface area contributed by atoms with E-state index in [2.05, 4.69) is 22.1 Å². The number of anilines is 2. The second-order valence-corrected chi connectivity index (χ2v) is 5.29. The summed E-state index contributed by atoms with van der Waals surface area (Å²) in [4.78, 5) is 0. The lowest BCUT2D eigenvalue weighted by molar-refractivity contribution is 0.0175. The van der Waals surface area contributed by atoms with Gasteiger partial charge in [0.25, 0.3) is 5.92 Å². The van der Waals surface area contributed by atoms with Gasteiger partial charge in [-0.25, -0.2) is 8.78 Å². The maximum atomic E-state index is 13.3.